The predicted molar refractivity (Wildman–Crippen MR) is 53.2 cm³/mol. The van der Waals surface area contributed by atoms with Crippen molar-refractivity contribution in [2.45, 2.75) is 20.3 Å². The smallest absolute Gasteiger partial charge is 0.158 e. The van der Waals surface area contributed by atoms with Crippen LogP contribution in [0.3, 0.4) is 0 Å². The summed E-state index contributed by atoms with van der Waals surface area (Å²) in [5.74, 6) is 0.184. The first-order valence-corrected chi connectivity index (χ1v) is 4.35. The third kappa shape index (κ3) is 2.82. The second-order valence-corrected chi connectivity index (χ2v) is 2.89. The van der Waals surface area contributed by atoms with Crippen LogP contribution < -0.4 is 0 Å². The second kappa shape index (κ2) is 4.55. The highest BCUT2D eigenvalue weighted by Gasteiger charge is 1.99. The van der Waals surface area contributed by atoms with E-state index in [0.717, 1.165) is 11.1 Å². The van der Waals surface area contributed by atoms with Crippen molar-refractivity contribution in [2.24, 2.45) is 0 Å². The molecule has 0 aliphatic rings. The fourth-order valence-corrected chi connectivity index (χ4v) is 1.07. The Morgan fingerprint density at radius 2 is 2.38 bits per heavy atom. The third-order valence-electron chi connectivity index (χ3n) is 1.83. The summed E-state index contributed by atoms with van der Waals surface area (Å²) in [6, 6.07) is 3.79. The van der Waals surface area contributed by atoms with Crippen LogP contribution in [0.25, 0.3) is 6.08 Å². The van der Waals surface area contributed by atoms with Crippen LogP contribution in [0.5, 0.6) is 0 Å². The predicted octanol–water partition coefficient (Wildman–Crippen LogP) is 2.46. The summed E-state index contributed by atoms with van der Waals surface area (Å²) in [7, 11) is 0. The number of pyridine rings is 1. The quantitative estimate of drug-likeness (QED) is 0.660. The molecule has 1 aromatic heterocycles. The molecule has 0 N–H and O–H groups in total. The number of Topliss-reactive ketones (excluding diaryl/α,β-unsaturated/α-hetero) is 1. The fourth-order valence-electron chi connectivity index (χ4n) is 1.07. The molecule has 0 unspecified atom stereocenters. The van der Waals surface area contributed by atoms with Crippen molar-refractivity contribution in [1.29, 1.82) is 0 Å². The van der Waals surface area contributed by atoms with Gasteiger partial charge in [0.05, 0.1) is 0 Å². The maximum atomic E-state index is 11.2. The Kier molecular flexibility index (Phi) is 3.38. The molecule has 1 aromatic rings. The number of rotatable bonds is 3. The number of nitrogens with zero attached hydrogens (tertiary/aromatic N) is 1. The van der Waals surface area contributed by atoms with Crippen LogP contribution in [0.1, 0.15) is 25.8 Å². The summed E-state index contributed by atoms with van der Waals surface area (Å²) in [5.41, 5.74) is 1.76. The molecule has 0 aliphatic heterocycles. The molecule has 68 valence electrons. The van der Waals surface area contributed by atoms with E-state index in [0.29, 0.717) is 6.42 Å². The zero-order valence-electron chi connectivity index (χ0n) is 7.95. The van der Waals surface area contributed by atoms with Gasteiger partial charge in [-0.1, -0.05) is 13.0 Å². The molecule has 1 rings (SSSR count). The number of carbonyl (C=O) groups is 1. The molecule has 0 saturated heterocycles. The van der Waals surface area contributed by atoms with Crippen molar-refractivity contribution in [3.63, 3.8) is 0 Å². The van der Waals surface area contributed by atoms with Gasteiger partial charge in [-0.05, 0) is 30.2 Å². The monoisotopic (exact) mass is 175 g/mol. The van der Waals surface area contributed by atoms with E-state index in [2.05, 4.69) is 4.98 Å². The lowest BCUT2D eigenvalue weighted by molar-refractivity contribution is -0.115. The molecule has 0 spiro atoms. The minimum atomic E-state index is 0.184. The van der Waals surface area contributed by atoms with Crippen LogP contribution in [0, 0.1) is 0 Å². The SMILES string of the molecule is CCC(=O)/C(C)=C/c1cccnc1. The van der Waals surface area contributed by atoms with Gasteiger partial charge >= 0.3 is 0 Å². The molecular weight excluding hydrogens is 162 g/mol. The average Bonchev–Trinajstić information content (AvgIpc) is 2.18. The molecule has 0 fully saturated rings. The maximum Gasteiger partial charge on any atom is 0.158 e. The van der Waals surface area contributed by atoms with E-state index in [-0.39, 0.29) is 5.78 Å². The lowest BCUT2D eigenvalue weighted by atomic mass is 10.1. The van der Waals surface area contributed by atoms with E-state index in [1.54, 1.807) is 12.4 Å². The standard InChI is InChI=1S/C11H13NO/c1-3-11(13)9(2)7-10-5-4-6-12-8-10/h4-8H,3H2,1-2H3/b9-7+. The number of hydrogen-bond donors (Lipinski definition) is 0. The largest absolute Gasteiger partial charge is 0.295 e. The van der Waals surface area contributed by atoms with Gasteiger partial charge in [-0.15, -0.1) is 0 Å². The highest BCUT2D eigenvalue weighted by Crippen LogP contribution is 2.06. The first-order valence-electron chi connectivity index (χ1n) is 4.35. The van der Waals surface area contributed by atoms with Crippen molar-refractivity contribution >= 4 is 11.9 Å². The van der Waals surface area contributed by atoms with Gasteiger partial charge in [-0.2, -0.15) is 0 Å². The van der Waals surface area contributed by atoms with Crippen molar-refractivity contribution < 1.29 is 4.79 Å². The van der Waals surface area contributed by atoms with Crippen LogP contribution in [-0.4, -0.2) is 10.8 Å². The first kappa shape index (κ1) is 9.65. The molecule has 0 aromatic carbocycles. The lowest BCUT2D eigenvalue weighted by Crippen LogP contribution is -1.95. The van der Waals surface area contributed by atoms with Gasteiger partial charge in [-0.25, -0.2) is 0 Å². The van der Waals surface area contributed by atoms with Gasteiger partial charge < -0.3 is 0 Å². The van der Waals surface area contributed by atoms with Crippen molar-refractivity contribution in [3.05, 3.63) is 35.7 Å². The van der Waals surface area contributed by atoms with Gasteiger partial charge in [0.15, 0.2) is 5.78 Å². The van der Waals surface area contributed by atoms with E-state index >= 15 is 0 Å². The highest BCUT2D eigenvalue weighted by atomic mass is 16.1. The Hall–Kier alpha value is -1.44. The highest BCUT2D eigenvalue weighted by molar-refractivity contribution is 5.98. The summed E-state index contributed by atoms with van der Waals surface area (Å²) >= 11 is 0. The van der Waals surface area contributed by atoms with E-state index in [9.17, 15) is 4.79 Å². The molecule has 0 atom stereocenters. The minimum absolute atomic E-state index is 0.184. The normalized spacial score (nSPS) is 11.4. The second-order valence-electron chi connectivity index (χ2n) is 2.89. The van der Waals surface area contributed by atoms with Crippen molar-refractivity contribution in [3.8, 4) is 0 Å². The van der Waals surface area contributed by atoms with E-state index < -0.39 is 0 Å². The summed E-state index contributed by atoms with van der Waals surface area (Å²) in [6.07, 6.45) is 5.88. The van der Waals surface area contributed by atoms with Crippen LogP contribution in [-0.2, 0) is 4.79 Å². The van der Waals surface area contributed by atoms with Gasteiger partial charge in [-0.3, -0.25) is 9.78 Å². The van der Waals surface area contributed by atoms with E-state index in [4.69, 9.17) is 0 Å². The summed E-state index contributed by atoms with van der Waals surface area (Å²) in [6.45, 7) is 3.70. The average molecular weight is 175 g/mol. The van der Waals surface area contributed by atoms with E-state index in [1.807, 2.05) is 32.1 Å². The lowest BCUT2D eigenvalue weighted by Gasteiger charge is -1.96. The van der Waals surface area contributed by atoms with Crippen LogP contribution in [0.15, 0.2) is 30.1 Å². The topological polar surface area (TPSA) is 30.0 Å². The molecule has 0 radical (unpaired) electrons. The van der Waals surface area contributed by atoms with Gasteiger partial charge in [0.1, 0.15) is 0 Å². The Balaban J connectivity index is 2.83. The number of carbonyl (C=O) groups excluding carboxylic acids is 1. The number of hydrogen-bond acceptors (Lipinski definition) is 2. The Morgan fingerprint density at radius 3 is 2.92 bits per heavy atom. The number of ketones is 1. The van der Waals surface area contributed by atoms with Crippen molar-refractivity contribution in [2.75, 3.05) is 0 Å². The summed E-state index contributed by atoms with van der Waals surface area (Å²) in [5, 5.41) is 0. The van der Waals surface area contributed by atoms with Gasteiger partial charge in [0.2, 0.25) is 0 Å². The zero-order valence-corrected chi connectivity index (χ0v) is 7.95. The Labute approximate surface area is 78.3 Å². The minimum Gasteiger partial charge on any atom is -0.295 e. The summed E-state index contributed by atoms with van der Waals surface area (Å²) < 4.78 is 0. The zero-order chi connectivity index (χ0) is 9.68. The third-order valence-corrected chi connectivity index (χ3v) is 1.83. The molecule has 0 saturated carbocycles. The van der Waals surface area contributed by atoms with Crippen LogP contribution in [0.4, 0.5) is 0 Å². The molecule has 2 nitrogen and oxygen atoms in total. The molecule has 0 bridgehead atoms. The molecule has 1 heterocycles. The van der Waals surface area contributed by atoms with Crippen molar-refractivity contribution in [1.82, 2.24) is 4.98 Å². The number of allylic oxidation sites excluding steroid dienone is 1. The first-order chi connectivity index (χ1) is 6.24. The van der Waals surface area contributed by atoms with Gasteiger partial charge in [0, 0.05) is 18.8 Å². The van der Waals surface area contributed by atoms with E-state index in [1.165, 1.54) is 0 Å². The molecule has 0 aliphatic carbocycles. The summed E-state index contributed by atoms with van der Waals surface area (Å²) in [4.78, 5) is 15.2. The number of aromatic nitrogens is 1. The van der Waals surface area contributed by atoms with Crippen LogP contribution in [0.2, 0.25) is 0 Å². The maximum absolute atomic E-state index is 11.2. The molecule has 2 heteroatoms. The Morgan fingerprint density at radius 1 is 1.62 bits per heavy atom. The van der Waals surface area contributed by atoms with Crippen LogP contribution >= 0.6 is 0 Å². The Bertz CT molecular complexity index is 314. The van der Waals surface area contributed by atoms with Gasteiger partial charge in [0.25, 0.3) is 0 Å². The molecule has 13 heavy (non-hydrogen) atoms. The fraction of sp³-hybridized carbons (Fsp3) is 0.273. The molecular formula is C11H13NO. The molecule has 0 amide bonds.